The van der Waals surface area contributed by atoms with E-state index in [0.717, 1.165) is 0 Å². The maximum absolute atomic E-state index is 11.7. The largest absolute Gasteiger partial charge is 0.504 e. The molecule has 1 unspecified atom stereocenters. The van der Waals surface area contributed by atoms with Crippen LogP contribution in [0.2, 0.25) is 5.02 Å². The zero-order valence-corrected chi connectivity index (χ0v) is 13.5. The summed E-state index contributed by atoms with van der Waals surface area (Å²) >= 11 is 5.99. The molecule has 0 spiro atoms. The van der Waals surface area contributed by atoms with E-state index in [9.17, 15) is 15.0 Å². The van der Waals surface area contributed by atoms with Crippen molar-refractivity contribution in [3.05, 3.63) is 52.5 Å². The van der Waals surface area contributed by atoms with Crippen LogP contribution in [-0.2, 0) is 11.2 Å². The summed E-state index contributed by atoms with van der Waals surface area (Å²) in [5.41, 5.74) is 1.22. The predicted molar refractivity (Wildman–Crippen MR) is 86.7 cm³/mol. The number of ether oxygens (including phenoxy) is 2. The van der Waals surface area contributed by atoms with E-state index in [2.05, 4.69) is 0 Å². The lowest BCUT2D eigenvalue weighted by molar-refractivity contribution is -0.138. The molecule has 2 rings (SSSR count). The van der Waals surface area contributed by atoms with Gasteiger partial charge in [-0.25, -0.2) is 0 Å². The Labute approximate surface area is 139 Å². The molecule has 6 heteroatoms. The fourth-order valence-corrected chi connectivity index (χ4v) is 2.57. The summed E-state index contributed by atoms with van der Waals surface area (Å²) in [6.45, 7) is 0. The quantitative estimate of drug-likeness (QED) is 0.844. The van der Waals surface area contributed by atoms with Crippen LogP contribution in [0.15, 0.2) is 36.4 Å². The molecule has 0 saturated carbocycles. The average Bonchev–Trinajstić information content (AvgIpc) is 2.53. The zero-order valence-electron chi connectivity index (χ0n) is 12.7. The number of hydrogen-bond acceptors (Lipinski definition) is 4. The van der Waals surface area contributed by atoms with Crippen LogP contribution in [0, 0.1) is 0 Å². The lowest BCUT2D eigenvalue weighted by Gasteiger charge is -2.17. The molecule has 1 atom stereocenters. The van der Waals surface area contributed by atoms with Gasteiger partial charge in [0.25, 0.3) is 0 Å². The van der Waals surface area contributed by atoms with Crippen LogP contribution in [0.3, 0.4) is 0 Å². The number of aromatic hydroxyl groups is 1. The van der Waals surface area contributed by atoms with Crippen molar-refractivity contribution in [3.8, 4) is 17.2 Å². The third-order valence-corrected chi connectivity index (χ3v) is 3.78. The first kappa shape index (κ1) is 17.0. The Bertz CT molecular complexity index is 714. The second-order valence-electron chi connectivity index (χ2n) is 4.99. The highest BCUT2D eigenvalue weighted by Crippen LogP contribution is 2.34. The lowest BCUT2D eigenvalue weighted by atomic mass is 9.91. The second kappa shape index (κ2) is 7.24. The van der Waals surface area contributed by atoms with Crippen molar-refractivity contribution in [2.75, 3.05) is 14.2 Å². The molecular formula is C17H17ClO5. The van der Waals surface area contributed by atoms with E-state index >= 15 is 0 Å². The molecule has 0 aliphatic heterocycles. The normalized spacial score (nSPS) is 11.8. The van der Waals surface area contributed by atoms with Crippen LogP contribution in [0.25, 0.3) is 0 Å². The van der Waals surface area contributed by atoms with Crippen molar-refractivity contribution in [2.45, 2.75) is 12.3 Å². The van der Waals surface area contributed by atoms with Crippen LogP contribution in [0.4, 0.5) is 0 Å². The predicted octanol–water partition coefficient (Wildman–Crippen LogP) is 3.47. The van der Waals surface area contributed by atoms with E-state index < -0.39 is 11.9 Å². The summed E-state index contributed by atoms with van der Waals surface area (Å²) in [6, 6.07) is 9.63. The highest BCUT2D eigenvalue weighted by atomic mass is 35.5. The number of carboxylic acids is 1. The SMILES string of the molecule is COc1cc(CC(C(=O)O)c2cc(Cl)ccc2OC)ccc1O. The van der Waals surface area contributed by atoms with Gasteiger partial charge in [0.1, 0.15) is 5.75 Å². The highest BCUT2D eigenvalue weighted by Gasteiger charge is 2.24. The van der Waals surface area contributed by atoms with E-state index in [1.54, 1.807) is 30.3 Å². The molecular weight excluding hydrogens is 320 g/mol. The van der Waals surface area contributed by atoms with Gasteiger partial charge in [-0.2, -0.15) is 0 Å². The van der Waals surface area contributed by atoms with Crippen molar-refractivity contribution in [3.63, 3.8) is 0 Å². The highest BCUT2D eigenvalue weighted by molar-refractivity contribution is 6.30. The van der Waals surface area contributed by atoms with Crippen molar-refractivity contribution >= 4 is 17.6 Å². The molecule has 0 amide bonds. The standard InChI is InChI=1S/C17H17ClO5/c1-22-15-6-4-11(18)9-12(15)13(17(20)21)7-10-3-5-14(19)16(8-10)23-2/h3-6,8-9,13,19H,7H2,1-2H3,(H,20,21). The van der Waals surface area contributed by atoms with Gasteiger partial charge in [0.2, 0.25) is 0 Å². The second-order valence-corrected chi connectivity index (χ2v) is 5.42. The number of phenols is 1. The Kier molecular flexibility index (Phi) is 5.34. The van der Waals surface area contributed by atoms with Gasteiger partial charge < -0.3 is 19.7 Å². The molecule has 0 saturated heterocycles. The number of aliphatic carboxylic acids is 1. The number of carboxylic acid groups (broad SMARTS) is 1. The fourth-order valence-electron chi connectivity index (χ4n) is 2.39. The minimum absolute atomic E-state index is 0.00320. The fraction of sp³-hybridized carbons (Fsp3) is 0.235. The molecule has 0 radical (unpaired) electrons. The Morgan fingerprint density at radius 2 is 1.83 bits per heavy atom. The first-order valence-electron chi connectivity index (χ1n) is 6.88. The number of methoxy groups -OCH3 is 2. The van der Waals surface area contributed by atoms with E-state index in [1.165, 1.54) is 20.3 Å². The topological polar surface area (TPSA) is 76.0 Å². The number of benzene rings is 2. The van der Waals surface area contributed by atoms with Gasteiger partial charge in [-0.1, -0.05) is 17.7 Å². The monoisotopic (exact) mass is 336 g/mol. The number of halogens is 1. The molecule has 5 nitrogen and oxygen atoms in total. The molecule has 2 aromatic carbocycles. The summed E-state index contributed by atoms with van der Waals surface area (Å²) in [4.78, 5) is 11.7. The van der Waals surface area contributed by atoms with Gasteiger partial charge in [0, 0.05) is 10.6 Å². The van der Waals surface area contributed by atoms with E-state index in [-0.39, 0.29) is 12.2 Å². The number of carbonyl (C=O) groups is 1. The first-order valence-corrected chi connectivity index (χ1v) is 7.26. The smallest absolute Gasteiger partial charge is 0.311 e. The summed E-state index contributed by atoms with van der Waals surface area (Å²) in [5, 5.41) is 19.7. The summed E-state index contributed by atoms with van der Waals surface area (Å²) < 4.78 is 10.3. The van der Waals surface area contributed by atoms with Gasteiger partial charge in [0.15, 0.2) is 11.5 Å². The maximum atomic E-state index is 11.7. The van der Waals surface area contributed by atoms with E-state index in [0.29, 0.717) is 27.6 Å². The summed E-state index contributed by atoms with van der Waals surface area (Å²) in [7, 11) is 2.92. The minimum Gasteiger partial charge on any atom is -0.504 e. The first-order chi connectivity index (χ1) is 11.0. The Hall–Kier alpha value is -2.40. The van der Waals surface area contributed by atoms with Gasteiger partial charge in [0.05, 0.1) is 20.1 Å². The van der Waals surface area contributed by atoms with Crippen molar-refractivity contribution in [2.24, 2.45) is 0 Å². The average molecular weight is 337 g/mol. The van der Waals surface area contributed by atoms with Crippen molar-refractivity contribution < 1.29 is 24.5 Å². The third kappa shape index (κ3) is 3.87. The lowest BCUT2D eigenvalue weighted by Crippen LogP contribution is -2.15. The van der Waals surface area contributed by atoms with Crippen molar-refractivity contribution in [1.29, 1.82) is 0 Å². The maximum Gasteiger partial charge on any atom is 0.311 e. The zero-order chi connectivity index (χ0) is 17.0. The number of hydrogen-bond donors (Lipinski definition) is 2. The van der Waals surface area contributed by atoms with Gasteiger partial charge in [-0.3, -0.25) is 4.79 Å². The van der Waals surface area contributed by atoms with Crippen LogP contribution < -0.4 is 9.47 Å². The number of rotatable bonds is 6. The molecule has 0 bridgehead atoms. The van der Waals surface area contributed by atoms with Gasteiger partial charge in [-0.15, -0.1) is 0 Å². The van der Waals surface area contributed by atoms with Gasteiger partial charge >= 0.3 is 5.97 Å². The molecule has 0 aliphatic rings. The Morgan fingerprint density at radius 1 is 1.13 bits per heavy atom. The molecule has 122 valence electrons. The van der Waals surface area contributed by atoms with Crippen LogP contribution in [-0.4, -0.2) is 30.4 Å². The molecule has 0 heterocycles. The molecule has 0 aliphatic carbocycles. The number of phenolic OH excluding ortho intramolecular Hbond substituents is 1. The Balaban J connectivity index is 2.40. The molecule has 0 fully saturated rings. The molecule has 2 N–H and O–H groups in total. The third-order valence-electron chi connectivity index (χ3n) is 3.55. The Morgan fingerprint density at radius 3 is 2.43 bits per heavy atom. The van der Waals surface area contributed by atoms with E-state index in [4.69, 9.17) is 21.1 Å². The van der Waals surface area contributed by atoms with Crippen LogP contribution >= 0.6 is 11.6 Å². The van der Waals surface area contributed by atoms with Crippen LogP contribution in [0.5, 0.6) is 17.2 Å². The molecule has 23 heavy (non-hydrogen) atoms. The van der Waals surface area contributed by atoms with Crippen LogP contribution in [0.1, 0.15) is 17.0 Å². The minimum atomic E-state index is -0.988. The van der Waals surface area contributed by atoms with E-state index in [1.807, 2.05) is 0 Å². The van der Waals surface area contributed by atoms with Gasteiger partial charge in [-0.05, 0) is 42.3 Å². The van der Waals surface area contributed by atoms with Crippen molar-refractivity contribution in [1.82, 2.24) is 0 Å². The molecule has 0 aromatic heterocycles. The summed E-state index contributed by atoms with van der Waals surface area (Å²) in [5.74, 6) is -1.06. The summed E-state index contributed by atoms with van der Waals surface area (Å²) in [6.07, 6.45) is 0.211. The molecule has 2 aromatic rings.